The molecule has 9 heteroatoms. The van der Waals surface area contributed by atoms with Crippen molar-refractivity contribution in [2.45, 2.75) is 0 Å². The molecule has 4 rings (SSSR count). The van der Waals surface area contributed by atoms with E-state index in [1.807, 2.05) is 6.07 Å². The zero-order valence-corrected chi connectivity index (χ0v) is 18.1. The Balaban J connectivity index is 1.46. The largest absolute Gasteiger partial charge is 0.493 e. The second-order valence-corrected chi connectivity index (χ2v) is 6.95. The van der Waals surface area contributed by atoms with Crippen molar-refractivity contribution in [2.24, 2.45) is 0 Å². The third-order valence-corrected chi connectivity index (χ3v) is 4.72. The molecular formula is C23H19N3O5S. The third-order valence-electron chi connectivity index (χ3n) is 4.52. The molecule has 0 radical (unpaired) electrons. The maximum absolute atomic E-state index is 12.0. The lowest BCUT2D eigenvalue weighted by Gasteiger charge is -2.13. The molecule has 2 aromatic carbocycles. The minimum Gasteiger partial charge on any atom is -0.493 e. The Morgan fingerprint density at radius 2 is 1.75 bits per heavy atom. The van der Waals surface area contributed by atoms with Crippen LogP contribution in [0.2, 0.25) is 0 Å². The molecule has 0 unspecified atom stereocenters. The van der Waals surface area contributed by atoms with E-state index >= 15 is 0 Å². The summed E-state index contributed by atoms with van der Waals surface area (Å²) in [5.41, 5.74) is 1.41. The Labute approximate surface area is 189 Å². The topological polar surface area (TPSA) is 94.9 Å². The molecule has 2 heterocycles. The second-order valence-electron chi connectivity index (χ2n) is 6.55. The lowest BCUT2D eigenvalue weighted by Crippen LogP contribution is -2.33. The van der Waals surface area contributed by atoms with Crippen LogP contribution in [0, 0.1) is 0 Å². The van der Waals surface area contributed by atoms with Gasteiger partial charge >= 0.3 is 0 Å². The first kappa shape index (κ1) is 21.1. The van der Waals surface area contributed by atoms with Crippen molar-refractivity contribution in [2.75, 3.05) is 19.5 Å². The number of benzene rings is 2. The summed E-state index contributed by atoms with van der Waals surface area (Å²) in [6.45, 7) is 0. The van der Waals surface area contributed by atoms with Gasteiger partial charge in [0.1, 0.15) is 11.5 Å². The molecule has 0 aliphatic carbocycles. The Hall–Kier alpha value is -4.11. The fraction of sp³-hybridized carbons (Fsp3) is 0.0870. The summed E-state index contributed by atoms with van der Waals surface area (Å²) < 4.78 is 21.8. The van der Waals surface area contributed by atoms with Crippen molar-refractivity contribution in [3.05, 3.63) is 72.8 Å². The number of ether oxygens (including phenoxy) is 3. The van der Waals surface area contributed by atoms with Crippen molar-refractivity contribution in [1.29, 1.82) is 0 Å². The molecule has 32 heavy (non-hydrogen) atoms. The van der Waals surface area contributed by atoms with E-state index in [1.165, 1.54) is 6.26 Å². The van der Waals surface area contributed by atoms with Gasteiger partial charge in [-0.1, -0.05) is 0 Å². The molecule has 2 N–H and O–H groups in total. The molecule has 0 atom stereocenters. The van der Waals surface area contributed by atoms with E-state index < -0.39 is 5.91 Å². The zero-order valence-electron chi connectivity index (χ0n) is 17.2. The number of hydrogen-bond acceptors (Lipinski definition) is 7. The van der Waals surface area contributed by atoms with E-state index in [2.05, 4.69) is 15.6 Å². The highest BCUT2D eigenvalue weighted by Crippen LogP contribution is 2.36. The van der Waals surface area contributed by atoms with Crippen LogP contribution in [0.25, 0.3) is 10.9 Å². The molecule has 4 aromatic rings. The number of nitrogens with one attached hydrogen (secondary N) is 2. The highest BCUT2D eigenvalue weighted by molar-refractivity contribution is 7.80. The standard InChI is InChI=1S/C23H19N3O5S/c1-28-20-12-16-17(13-21(20)29-2)24-10-9-18(16)31-15-7-5-14(6-8-15)25-23(32)26-22(27)19-4-3-11-30-19/h3-13H,1-2H3,(H2,25,26,27,32). The molecule has 0 saturated heterocycles. The van der Waals surface area contributed by atoms with Crippen LogP contribution >= 0.6 is 12.2 Å². The van der Waals surface area contributed by atoms with E-state index in [1.54, 1.807) is 68.9 Å². The van der Waals surface area contributed by atoms with E-state index in [0.717, 1.165) is 10.9 Å². The van der Waals surface area contributed by atoms with Gasteiger partial charge in [-0.25, -0.2) is 0 Å². The summed E-state index contributed by atoms with van der Waals surface area (Å²) in [7, 11) is 3.15. The Morgan fingerprint density at radius 1 is 1.00 bits per heavy atom. The minimum atomic E-state index is -0.427. The second kappa shape index (κ2) is 9.36. The molecule has 162 valence electrons. The SMILES string of the molecule is COc1cc2nccc(Oc3ccc(NC(=S)NC(=O)c4ccco4)cc3)c2cc1OC. The normalized spacial score (nSPS) is 10.4. The minimum absolute atomic E-state index is 0.154. The number of fused-ring (bicyclic) bond motifs is 1. The van der Waals surface area contributed by atoms with Gasteiger partial charge in [0, 0.05) is 23.3 Å². The number of anilines is 1. The first-order chi connectivity index (χ1) is 15.6. The number of nitrogens with zero attached hydrogens (tertiary/aromatic N) is 1. The van der Waals surface area contributed by atoms with Crippen LogP contribution in [0.5, 0.6) is 23.0 Å². The highest BCUT2D eigenvalue weighted by Gasteiger charge is 2.12. The lowest BCUT2D eigenvalue weighted by atomic mass is 10.2. The first-order valence-electron chi connectivity index (χ1n) is 9.52. The predicted octanol–water partition coefficient (Wildman–Crippen LogP) is 4.76. The van der Waals surface area contributed by atoms with Gasteiger partial charge in [-0.15, -0.1) is 0 Å². The van der Waals surface area contributed by atoms with Crippen molar-refractivity contribution < 1.29 is 23.4 Å². The number of aromatic nitrogens is 1. The number of carbonyl (C=O) groups is 1. The fourth-order valence-electron chi connectivity index (χ4n) is 3.00. The third kappa shape index (κ3) is 4.62. The highest BCUT2D eigenvalue weighted by atomic mass is 32.1. The van der Waals surface area contributed by atoms with Crippen LogP contribution < -0.4 is 24.8 Å². The molecule has 0 bridgehead atoms. The quantitative estimate of drug-likeness (QED) is 0.407. The summed E-state index contributed by atoms with van der Waals surface area (Å²) in [5.74, 6) is 2.17. The van der Waals surface area contributed by atoms with Gasteiger partial charge in [-0.05, 0) is 60.7 Å². The Bertz CT molecular complexity index is 1260. The monoisotopic (exact) mass is 449 g/mol. The summed E-state index contributed by atoms with van der Waals surface area (Å²) in [4.78, 5) is 16.4. The number of furan rings is 1. The number of methoxy groups -OCH3 is 2. The smallest absolute Gasteiger partial charge is 0.293 e. The van der Waals surface area contributed by atoms with Crippen molar-refractivity contribution >= 4 is 39.8 Å². The molecule has 0 spiro atoms. The van der Waals surface area contributed by atoms with E-state index in [-0.39, 0.29) is 10.9 Å². The van der Waals surface area contributed by atoms with Crippen LogP contribution in [0.3, 0.4) is 0 Å². The van der Waals surface area contributed by atoms with Crippen LogP contribution in [-0.4, -0.2) is 30.2 Å². The average molecular weight is 449 g/mol. The van der Waals surface area contributed by atoms with Crippen molar-refractivity contribution in [3.8, 4) is 23.0 Å². The average Bonchev–Trinajstić information content (AvgIpc) is 3.35. The molecule has 2 aromatic heterocycles. The Morgan fingerprint density at radius 3 is 2.44 bits per heavy atom. The van der Waals surface area contributed by atoms with Gasteiger partial charge in [0.15, 0.2) is 22.4 Å². The number of rotatable bonds is 6. The molecule has 0 aliphatic rings. The lowest BCUT2D eigenvalue weighted by molar-refractivity contribution is 0.0950. The maximum Gasteiger partial charge on any atom is 0.293 e. The van der Waals surface area contributed by atoms with Crippen LogP contribution in [0.1, 0.15) is 10.6 Å². The van der Waals surface area contributed by atoms with Crippen molar-refractivity contribution in [3.63, 3.8) is 0 Å². The van der Waals surface area contributed by atoms with E-state index in [0.29, 0.717) is 28.7 Å². The van der Waals surface area contributed by atoms with Gasteiger partial charge in [0.2, 0.25) is 0 Å². The number of hydrogen-bond donors (Lipinski definition) is 2. The molecule has 0 saturated carbocycles. The van der Waals surface area contributed by atoms with Gasteiger partial charge in [-0.3, -0.25) is 15.1 Å². The molecule has 0 aliphatic heterocycles. The van der Waals surface area contributed by atoms with E-state index in [9.17, 15) is 4.79 Å². The molecular weight excluding hydrogens is 430 g/mol. The first-order valence-corrected chi connectivity index (χ1v) is 9.92. The summed E-state index contributed by atoms with van der Waals surface area (Å²) >= 11 is 5.18. The fourth-order valence-corrected chi connectivity index (χ4v) is 3.22. The Kier molecular flexibility index (Phi) is 6.18. The van der Waals surface area contributed by atoms with Gasteiger partial charge < -0.3 is 23.9 Å². The van der Waals surface area contributed by atoms with Crippen LogP contribution in [0.15, 0.2) is 71.5 Å². The molecule has 1 amide bonds. The number of thiocarbonyl (C=S) groups is 1. The molecule has 0 fully saturated rings. The zero-order chi connectivity index (χ0) is 22.5. The van der Waals surface area contributed by atoms with Gasteiger partial charge in [-0.2, -0.15) is 0 Å². The summed E-state index contributed by atoms with van der Waals surface area (Å²) in [6.07, 6.45) is 3.09. The summed E-state index contributed by atoms with van der Waals surface area (Å²) in [5, 5.41) is 6.44. The predicted molar refractivity (Wildman–Crippen MR) is 124 cm³/mol. The molecule has 8 nitrogen and oxygen atoms in total. The van der Waals surface area contributed by atoms with Crippen molar-refractivity contribution in [1.82, 2.24) is 10.3 Å². The van der Waals surface area contributed by atoms with Crippen LogP contribution in [0.4, 0.5) is 5.69 Å². The number of carbonyl (C=O) groups excluding carboxylic acids is 1. The van der Waals surface area contributed by atoms with Crippen LogP contribution in [-0.2, 0) is 0 Å². The summed E-state index contributed by atoms with van der Waals surface area (Å²) in [6, 6.07) is 15.7. The van der Waals surface area contributed by atoms with Gasteiger partial charge in [0.25, 0.3) is 5.91 Å². The van der Waals surface area contributed by atoms with E-state index in [4.69, 9.17) is 30.8 Å². The number of pyridine rings is 1. The maximum atomic E-state index is 12.0. The number of amides is 1. The van der Waals surface area contributed by atoms with Gasteiger partial charge in [0.05, 0.1) is 26.0 Å².